The SMILES string of the molecule is CCC[C@H]1CN(Cc2cc(C(C)(C)C)c(O)c(C(C)(C)C)c2)C(=N)[C@@H]1Cc1ccccc1. The predicted molar refractivity (Wildman–Crippen MR) is 136 cm³/mol. The molecule has 0 aromatic heterocycles. The molecular weight excluding hydrogens is 392 g/mol. The maximum Gasteiger partial charge on any atom is 0.123 e. The highest BCUT2D eigenvalue weighted by Gasteiger charge is 2.37. The van der Waals surface area contributed by atoms with Gasteiger partial charge in [-0.1, -0.05) is 85.2 Å². The van der Waals surface area contributed by atoms with Gasteiger partial charge in [0.2, 0.25) is 0 Å². The molecule has 2 aromatic carbocycles. The lowest BCUT2D eigenvalue weighted by Gasteiger charge is -2.29. The Hall–Kier alpha value is -2.29. The van der Waals surface area contributed by atoms with Gasteiger partial charge in [-0.3, -0.25) is 5.41 Å². The highest BCUT2D eigenvalue weighted by atomic mass is 16.3. The van der Waals surface area contributed by atoms with E-state index in [2.05, 4.69) is 95.8 Å². The quantitative estimate of drug-likeness (QED) is 0.511. The van der Waals surface area contributed by atoms with Gasteiger partial charge in [-0.2, -0.15) is 0 Å². The summed E-state index contributed by atoms with van der Waals surface area (Å²) in [5.74, 6) is 2.00. The molecule has 1 heterocycles. The molecule has 0 amide bonds. The number of phenols is 1. The topological polar surface area (TPSA) is 47.3 Å². The van der Waals surface area contributed by atoms with Crippen molar-refractivity contribution in [1.29, 1.82) is 5.41 Å². The minimum Gasteiger partial charge on any atom is -0.507 e. The van der Waals surface area contributed by atoms with E-state index in [1.807, 2.05) is 0 Å². The van der Waals surface area contributed by atoms with Crippen LogP contribution >= 0.6 is 0 Å². The Morgan fingerprint density at radius 3 is 2.00 bits per heavy atom. The van der Waals surface area contributed by atoms with Gasteiger partial charge in [0.05, 0.1) is 5.84 Å². The largest absolute Gasteiger partial charge is 0.507 e. The Bertz CT molecular complexity index is 899. The van der Waals surface area contributed by atoms with Crippen LogP contribution in [-0.2, 0) is 23.8 Å². The molecule has 2 atom stereocenters. The van der Waals surface area contributed by atoms with E-state index in [4.69, 9.17) is 5.41 Å². The summed E-state index contributed by atoms with van der Waals surface area (Å²) in [5, 5.41) is 20.1. The van der Waals surface area contributed by atoms with Gasteiger partial charge in [-0.05, 0) is 64.0 Å². The molecule has 32 heavy (non-hydrogen) atoms. The number of phenolic OH excluding ortho intramolecular Hbond substituents is 1. The minimum absolute atomic E-state index is 0.140. The molecule has 174 valence electrons. The van der Waals surface area contributed by atoms with Crippen LogP contribution in [-0.4, -0.2) is 22.4 Å². The molecule has 2 aromatic rings. The molecule has 0 saturated carbocycles. The van der Waals surface area contributed by atoms with Gasteiger partial charge in [0.1, 0.15) is 5.75 Å². The number of nitrogens with zero attached hydrogens (tertiary/aromatic N) is 1. The Labute approximate surface area is 195 Å². The summed E-state index contributed by atoms with van der Waals surface area (Å²) in [5.41, 5.74) is 4.23. The van der Waals surface area contributed by atoms with Crippen LogP contribution < -0.4 is 0 Å². The number of benzene rings is 2. The highest BCUT2D eigenvalue weighted by Crippen LogP contribution is 2.41. The van der Waals surface area contributed by atoms with Crippen molar-refractivity contribution in [2.75, 3.05) is 6.54 Å². The van der Waals surface area contributed by atoms with E-state index >= 15 is 0 Å². The molecule has 2 N–H and O–H groups in total. The lowest BCUT2D eigenvalue weighted by Crippen LogP contribution is -2.27. The third-order valence-corrected chi connectivity index (χ3v) is 6.83. The van der Waals surface area contributed by atoms with Crippen molar-refractivity contribution in [3.05, 3.63) is 64.7 Å². The fourth-order valence-electron chi connectivity index (χ4n) is 5.06. The molecule has 3 rings (SSSR count). The molecule has 3 nitrogen and oxygen atoms in total. The number of nitrogens with one attached hydrogen (secondary N) is 1. The van der Waals surface area contributed by atoms with Crippen LogP contribution in [0.4, 0.5) is 0 Å². The predicted octanol–water partition coefficient (Wildman–Crippen LogP) is 7.06. The number of likely N-dealkylation sites (tertiary alicyclic amines) is 1. The Kier molecular flexibility index (Phi) is 7.07. The molecule has 1 fully saturated rings. The second kappa shape index (κ2) is 9.29. The first-order valence-corrected chi connectivity index (χ1v) is 12.2. The number of hydrogen-bond acceptors (Lipinski definition) is 2. The van der Waals surface area contributed by atoms with E-state index < -0.39 is 0 Å². The zero-order chi connectivity index (χ0) is 23.7. The molecule has 3 heteroatoms. The summed E-state index contributed by atoms with van der Waals surface area (Å²) in [7, 11) is 0. The number of aromatic hydroxyl groups is 1. The van der Waals surface area contributed by atoms with Crippen molar-refractivity contribution in [3.63, 3.8) is 0 Å². The average molecular weight is 435 g/mol. The summed E-state index contributed by atoms with van der Waals surface area (Å²) in [6.45, 7) is 16.9. The van der Waals surface area contributed by atoms with Crippen LogP contribution in [0, 0.1) is 17.2 Å². The number of rotatable bonds is 6. The normalized spacial score (nSPS) is 19.6. The van der Waals surface area contributed by atoms with Crippen LogP contribution in [0.15, 0.2) is 42.5 Å². The second-order valence-electron chi connectivity index (χ2n) is 11.7. The first kappa shape index (κ1) is 24.4. The van der Waals surface area contributed by atoms with E-state index in [1.165, 1.54) is 11.1 Å². The van der Waals surface area contributed by atoms with E-state index in [0.29, 0.717) is 11.7 Å². The van der Waals surface area contributed by atoms with Crippen molar-refractivity contribution >= 4 is 5.84 Å². The first-order valence-electron chi connectivity index (χ1n) is 12.2. The van der Waals surface area contributed by atoms with Gasteiger partial charge < -0.3 is 10.0 Å². The van der Waals surface area contributed by atoms with Gasteiger partial charge in [0, 0.05) is 19.0 Å². The Morgan fingerprint density at radius 2 is 1.50 bits per heavy atom. The van der Waals surface area contributed by atoms with Crippen molar-refractivity contribution in [3.8, 4) is 5.75 Å². The van der Waals surface area contributed by atoms with Crippen molar-refractivity contribution in [1.82, 2.24) is 4.90 Å². The summed E-state index contributed by atoms with van der Waals surface area (Å²) in [6.07, 6.45) is 3.25. The van der Waals surface area contributed by atoms with Gasteiger partial charge in [0.25, 0.3) is 0 Å². The highest BCUT2D eigenvalue weighted by molar-refractivity contribution is 5.84. The summed E-state index contributed by atoms with van der Waals surface area (Å²) in [4.78, 5) is 2.28. The number of amidine groups is 1. The molecule has 1 saturated heterocycles. The molecule has 0 radical (unpaired) electrons. The van der Waals surface area contributed by atoms with E-state index in [1.54, 1.807) is 0 Å². The monoisotopic (exact) mass is 434 g/mol. The molecule has 0 spiro atoms. The smallest absolute Gasteiger partial charge is 0.123 e. The molecule has 1 aliphatic rings. The third kappa shape index (κ3) is 5.36. The lowest BCUT2D eigenvalue weighted by atomic mass is 9.78. The lowest BCUT2D eigenvalue weighted by molar-refractivity contribution is 0.352. The van der Waals surface area contributed by atoms with Gasteiger partial charge >= 0.3 is 0 Å². The molecular formula is C29H42N2O. The summed E-state index contributed by atoms with van der Waals surface area (Å²) < 4.78 is 0. The summed E-state index contributed by atoms with van der Waals surface area (Å²) >= 11 is 0. The van der Waals surface area contributed by atoms with E-state index in [0.717, 1.165) is 49.3 Å². The number of hydrogen-bond donors (Lipinski definition) is 2. The zero-order valence-corrected chi connectivity index (χ0v) is 21.1. The fourth-order valence-corrected chi connectivity index (χ4v) is 5.06. The fraction of sp³-hybridized carbons (Fsp3) is 0.552. The Morgan fingerprint density at radius 1 is 0.938 bits per heavy atom. The van der Waals surface area contributed by atoms with Gasteiger partial charge in [-0.15, -0.1) is 0 Å². The maximum atomic E-state index is 11.1. The van der Waals surface area contributed by atoms with Crippen molar-refractivity contribution in [2.24, 2.45) is 11.8 Å². The van der Waals surface area contributed by atoms with Crippen LogP contribution in [0.1, 0.15) is 83.6 Å². The van der Waals surface area contributed by atoms with Crippen LogP contribution in [0.5, 0.6) is 5.75 Å². The Balaban J connectivity index is 1.91. The molecule has 0 unspecified atom stereocenters. The van der Waals surface area contributed by atoms with E-state index in [-0.39, 0.29) is 16.7 Å². The van der Waals surface area contributed by atoms with Crippen molar-refractivity contribution < 1.29 is 5.11 Å². The van der Waals surface area contributed by atoms with Crippen LogP contribution in [0.3, 0.4) is 0 Å². The van der Waals surface area contributed by atoms with Crippen LogP contribution in [0.25, 0.3) is 0 Å². The van der Waals surface area contributed by atoms with Gasteiger partial charge in [-0.25, -0.2) is 0 Å². The summed E-state index contributed by atoms with van der Waals surface area (Å²) in [6, 6.07) is 14.9. The van der Waals surface area contributed by atoms with Gasteiger partial charge in [0.15, 0.2) is 0 Å². The third-order valence-electron chi connectivity index (χ3n) is 6.83. The zero-order valence-electron chi connectivity index (χ0n) is 21.1. The maximum absolute atomic E-state index is 11.1. The first-order chi connectivity index (χ1) is 14.9. The van der Waals surface area contributed by atoms with Crippen LogP contribution in [0.2, 0.25) is 0 Å². The minimum atomic E-state index is -0.140. The average Bonchev–Trinajstić information content (AvgIpc) is 2.97. The van der Waals surface area contributed by atoms with E-state index in [9.17, 15) is 5.11 Å². The second-order valence-corrected chi connectivity index (χ2v) is 11.7. The van der Waals surface area contributed by atoms with Crippen molar-refractivity contribution in [2.45, 2.75) is 85.1 Å². The molecule has 0 bridgehead atoms. The molecule has 0 aliphatic carbocycles. The standard InChI is InChI=1S/C29H42N2O/c1-8-12-22-19-31(27(30)23(22)15-20-13-10-9-11-14-20)18-21-16-24(28(2,3)4)26(32)25(17-21)29(5,6)7/h9-11,13-14,16-17,22-23,30,32H,8,12,15,18-19H2,1-7H3/t22-,23+/m0/s1. The molecule has 1 aliphatic heterocycles.